The average Bonchev–Trinajstić information content (AvgIpc) is 2.95. The number of nitrogens with zero attached hydrogens (tertiary/aromatic N) is 1. The number of thiazole rings is 1. The fraction of sp³-hybridized carbons (Fsp3) is 0.118. The van der Waals surface area contributed by atoms with Gasteiger partial charge < -0.3 is 4.74 Å². The molecule has 0 fully saturated rings. The van der Waals surface area contributed by atoms with Crippen molar-refractivity contribution in [1.82, 2.24) is 4.98 Å². The molecule has 132 valence electrons. The highest BCUT2D eigenvalue weighted by Gasteiger charge is 2.17. The van der Waals surface area contributed by atoms with Crippen LogP contribution in [0.2, 0.25) is 0 Å². The van der Waals surface area contributed by atoms with Crippen LogP contribution in [0.4, 0.5) is 5.13 Å². The normalized spacial score (nSPS) is 10.8. The molecule has 5 nitrogen and oxygen atoms in total. The highest BCUT2D eigenvalue weighted by molar-refractivity contribution is 7.93. The van der Waals surface area contributed by atoms with Crippen molar-refractivity contribution in [1.29, 1.82) is 0 Å². The summed E-state index contributed by atoms with van der Waals surface area (Å²) in [6, 6.07) is 15.7. The number of hydrogen-bond donors (Lipinski definition) is 1. The second-order valence-corrected chi connectivity index (χ2v) is 7.96. The van der Waals surface area contributed by atoms with Crippen molar-refractivity contribution >= 4 is 38.9 Å². The van der Waals surface area contributed by atoms with Gasteiger partial charge in [0.05, 0.1) is 17.7 Å². The van der Waals surface area contributed by atoms with Gasteiger partial charge in [0.1, 0.15) is 5.75 Å². The first-order valence-electron chi connectivity index (χ1n) is 7.19. The van der Waals surface area contributed by atoms with Crippen LogP contribution in [0, 0.1) is 6.92 Å². The van der Waals surface area contributed by atoms with E-state index in [0.717, 1.165) is 21.9 Å². The Morgan fingerprint density at radius 3 is 2.28 bits per heavy atom. The number of ether oxygens (including phenoxy) is 1. The van der Waals surface area contributed by atoms with Crippen molar-refractivity contribution in [2.24, 2.45) is 0 Å². The molecule has 8 heteroatoms. The van der Waals surface area contributed by atoms with E-state index >= 15 is 0 Å². The lowest BCUT2D eigenvalue weighted by molar-refractivity contribution is 0.415. The molecule has 0 amide bonds. The Hall–Kier alpha value is -2.09. The zero-order valence-electron chi connectivity index (χ0n) is 13.6. The minimum absolute atomic E-state index is 0. The fourth-order valence-corrected chi connectivity index (χ4v) is 4.32. The number of hydrogen-bond acceptors (Lipinski definition) is 5. The van der Waals surface area contributed by atoms with Crippen molar-refractivity contribution in [3.8, 4) is 17.0 Å². The molecular formula is C17H17ClN2O3S2. The molecule has 0 saturated heterocycles. The van der Waals surface area contributed by atoms with E-state index in [4.69, 9.17) is 4.74 Å². The van der Waals surface area contributed by atoms with E-state index in [-0.39, 0.29) is 17.3 Å². The lowest BCUT2D eigenvalue weighted by Gasteiger charge is -2.04. The fourth-order valence-electron chi connectivity index (χ4n) is 2.23. The molecule has 3 rings (SSSR count). The van der Waals surface area contributed by atoms with Crippen LogP contribution < -0.4 is 9.46 Å². The van der Waals surface area contributed by atoms with Crippen molar-refractivity contribution in [2.45, 2.75) is 11.8 Å². The molecule has 0 bridgehead atoms. The maximum Gasteiger partial charge on any atom is 0.263 e. The summed E-state index contributed by atoms with van der Waals surface area (Å²) < 4.78 is 32.5. The molecule has 1 heterocycles. The van der Waals surface area contributed by atoms with Gasteiger partial charge in [-0.15, -0.1) is 23.7 Å². The molecule has 25 heavy (non-hydrogen) atoms. The summed E-state index contributed by atoms with van der Waals surface area (Å²) in [7, 11) is -2.02. The summed E-state index contributed by atoms with van der Waals surface area (Å²) in [5, 5.41) is 0.349. The van der Waals surface area contributed by atoms with Crippen LogP contribution in [0.15, 0.2) is 59.5 Å². The summed E-state index contributed by atoms with van der Waals surface area (Å²) >= 11 is 1.31. The Morgan fingerprint density at radius 1 is 1.04 bits per heavy atom. The topological polar surface area (TPSA) is 68.3 Å². The molecule has 0 aliphatic carbocycles. The molecule has 0 radical (unpaired) electrons. The molecule has 0 unspecified atom stereocenters. The Morgan fingerprint density at radius 2 is 1.68 bits per heavy atom. The van der Waals surface area contributed by atoms with E-state index in [0.29, 0.717) is 5.13 Å². The number of methoxy groups -OCH3 is 1. The minimum atomic E-state index is -3.63. The summed E-state index contributed by atoms with van der Waals surface area (Å²) in [4.78, 5) is 5.58. The van der Waals surface area contributed by atoms with E-state index in [9.17, 15) is 8.42 Å². The number of sulfonamides is 1. The number of aryl methyl sites for hydroxylation is 1. The minimum Gasteiger partial charge on any atom is -0.497 e. The van der Waals surface area contributed by atoms with Crippen molar-refractivity contribution in [2.75, 3.05) is 11.8 Å². The number of benzene rings is 2. The van der Waals surface area contributed by atoms with Gasteiger partial charge in [0.2, 0.25) is 0 Å². The van der Waals surface area contributed by atoms with Crippen LogP contribution in [0.25, 0.3) is 11.3 Å². The third kappa shape index (κ3) is 4.31. The molecule has 0 saturated carbocycles. The van der Waals surface area contributed by atoms with Crippen molar-refractivity contribution in [3.63, 3.8) is 0 Å². The smallest absolute Gasteiger partial charge is 0.263 e. The molecule has 0 aliphatic heterocycles. The van der Waals surface area contributed by atoms with Crippen molar-refractivity contribution in [3.05, 3.63) is 59.5 Å². The Labute approximate surface area is 157 Å². The first-order chi connectivity index (χ1) is 11.5. The summed E-state index contributed by atoms with van der Waals surface area (Å²) in [5.74, 6) is 0.761. The van der Waals surface area contributed by atoms with Gasteiger partial charge in [-0.3, -0.25) is 4.72 Å². The van der Waals surface area contributed by atoms with Gasteiger partial charge in [0.15, 0.2) is 5.13 Å². The largest absolute Gasteiger partial charge is 0.497 e. The standard InChI is InChI=1S/C17H16N2O3S2.ClH/c1-12-16(13-8-10-14(22-2)11-9-13)18-17(23-12)19-24(20,21)15-6-4-3-5-7-15;/h3-11H,1-2H3,(H,18,19);1H. The van der Waals surface area contributed by atoms with Gasteiger partial charge >= 0.3 is 0 Å². The van der Waals surface area contributed by atoms with Crippen LogP contribution in [0.1, 0.15) is 4.88 Å². The first kappa shape index (κ1) is 19.2. The highest BCUT2D eigenvalue weighted by atomic mass is 35.5. The average molecular weight is 397 g/mol. The number of aromatic nitrogens is 1. The summed E-state index contributed by atoms with van der Waals surface area (Å²) in [6.07, 6.45) is 0. The lowest BCUT2D eigenvalue weighted by atomic mass is 10.1. The summed E-state index contributed by atoms with van der Waals surface area (Å²) in [5.41, 5.74) is 1.67. The van der Waals surface area contributed by atoms with Crippen LogP contribution in [-0.2, 0) is 10.0 Å². The zero-order valence-corrected chi connectivity index (χ0v) is 16.0. The molecule has 0 atom stereocenters. The SMILES string of the molecule is COc1ccc(-c2nc(NS(=O)(=O)c3ccccc3)sc2C)cc1.Cl. The van der Waals surface area contributed by atoms with Gasteiger partial charge in [-0.2, -0.15) is 0 Å². The summed E-state index contributed by atoms with van der Waals surface area (Å²) in [6.45, 7) is 1.91. The van der Waals surface area contributed by atoms with Gasteiger partial charge in [-0.1, -0.05) is 18.2 Å². The Balaban J connectivity index is 0.00000225. The molecule has 2 aromatic carbocycles. The highest BCUT2D eigenvalue weighted by Crippen LogP contribution is 2.32. The second kappa shape index (κ2) is 7.86. The molecule has 1 N–H and O–H groups in total. The van der Waals surface area contributed by atoms with E-state index in [1.807, 2.05) is 31.2 Å². The van der Waals surface area contributed by atoms with Gasteiger partial charge in [0.25, 0.3) is 10.0 Å². The first-order valence-corrected chi connectivity index (χ1v) is 9.49. The van der Waals surface area contributed by atoms with Crippen LogP contribution >= 0.6 is 23.7 Å². The number of nitrogens with one attached hydrogen (secondary N) is 1. The molecule has 0 aliphatic rings. The van der Waals surface area contributed by atoms with E-state index in [1.54, 1.807) is 37.4 Å². The molecule has 0 spiro atoms. The third-order valence-electron chi connectivity index (χ3n) is 3.44. The van der Waals surface area contributed by atoms with Gasteiger partial charge in [0, 0.05) is 10.4 Å². The second-order valence-electron chi connectivity index (χ2n) is 5.07. The van der Waals surface area contributed by atoms with Crippen LogP contribution in [0.5, 0.6) is 5.75 Å². The molecule has 1 aromatic heterocycles. The number of rotatable bonds is 5. The molecule has 3 aromatic rings. The Kier molecular flexibility index (Phi) is 6.05. The quantitative estimate of drug-likeness (QED) is 0.696. The van der Waals surface area contributed by atoms with E-state index in [1.165, 1.54) is 11.3 Å². The van der Waals surface area contributed by atoms with Crippen LogP contribution in [0.3, 0.4) is 0 Å². The van der Waals surface area contributed by atoms with Crippen molar-refractivity contribution < 1.29 is 13.2 Å². The zero-order chi connectivity index (χ0) is 17.2. The predicted octanol–water partition coefficient (Wildman–Crippen LogP) is 4.35. The molecular weight excluding hydrogens is 380 g/mol. The number of halogens is 1. The van der Waals surface area contributed by atoms with E-state index < -0.39 is 10.0 Å². The third-order valence-corrected chi connectivity index (χ3v) is 5.81. The predicted molar refractivity (Wildman–Crippen MR) is 103 cm³/mol. The van der Waals surface area contributed by atoms with Gasteiger partial charge in [-0.05, 0) is 43.3 Å². The monoisotopic (exact) mass is 396 g/mol. The maximum absolute atomic E-state index is 12.4. The lowest BCUT2D eigenvalue weighted by Crippen LogP contribution is -2.12. The van der Waals surface area contributed by atoms with Gasteiger partial charge in [-0.25, -0.2) is 13.4 Å². The Bertz CT molecular complexity index is 940. The van der Waals surface area contributed by atoms with E-state index in [2.05, 4.69) is 9.71 Å². The number of anilines is 1. The maximum atomic E-state index is 12.4. The van der Waals surface area contributed by atoms with Crippen LogP contribution in [-0.4, -0.2) is 20.5 Å².